The first-order valence-electron chi connectivity index (χ1n) is 9.00. The van der Waals surface area contributed by atoms with Gasteiger partial charge in [0, 0.05) is 56.9 Å². The molecule has 2 aromatic rings. The van der Waals surface area contributed by atoms with E-state index in [1.807, 2.05) is 36.9 Å². The average molecular weight is 339 g/mol. The Balaban J connectivity index is 1.38. The first kappa shape index (κ1) is 16.4. The van der Waals surface area contributed by atoms with Crippen molar-refractivity contribution in [2.24, 2.45) is 11.8 Å². The molecule has 132 valence electrons. The Labute approximate surface area is 148 Å². The van der Waals surface area contributed by atoms with Crippen LogP contribution in [-0.4, -0.2) is 59.2 Å². The fourth-order valence-corrected chi connectivity index (χ4v) is 4.03. The van der Waals surface area contributed by atoms with E-state index in [0.29, 0.717) is 11.8 Å². The third-order valence-electron chi connectivity index (χ3n) is 5.31. The van der Waals surface area contributed by atoms with E-state index in [2.05, 4.69) is 37.9 Å². The molecule has 6 heteroatoms. The second-order valence-corrected chi connectivity index (χ2v) is 7.14. The zero-order valence-electron chi connectivity index (χ0n) is 14.7. The summed E-state index contributed by atoms with van der Waals surface area (Å²) >= 11 is 0. The minimum Gasteiger partial charge on any atom is -0.376 e. The van der Waals surface area contributed by atoms with Gasteiger partial charge < -0.3 is 9.64 Å². The van der Waals surface area contributed by atoms with Gasteiger partial charge in [-0.25, -0.2) is 9.97 Å². The molecular weight excluding hydrogens is 314 g/mol. The number of pyridine rings is 1. The minimum atomic E-state index is 0.276. The number of nitrogens with zero attached hydrogens (tertiary/aromatic N) is 5. The molecular formula is C19H25N5O. The van der Waals surface area contributed by atoms with E-state index in [9.17, 15) is 0 Å². The summed E-state index contributed by atoms with van der Waals surface area (Å²) in [6.07, 6.45) is 8.82. The Morgan fingerprint density at radius 1 is 1.24 bits per heavy atom. The van der Waals surface area contributed by atoms with E-state index in [-0.39, 0.29) is 6.10 Å². The summed E-state index contributed by atoms with van der Waals surface area (Å²) in [4.78, 5) is 17.7. The molecule has 0 bridgehead atoms. The molecule has 0 N–H and O–H groups in total. The summed E-state index contributed by atoms with van der Waals surface area (Å²) in [5, 5.41) is 0. The van der Waals surface area contributed by atoms with Crippen molar-refractivity contribution in [3.8, 4) is 0 Å². The Morgan fingerprint density at radius 3 is 2.92 bits per heavy atom. The standard InChI is InChI=1S/C19H25N5O/c1-23(11-15-4-2-6-20-10-15)13-18-17-12-24(9-5-16(17)14-25-18)19-21-7-3-8-22-19/h2-4,6-8,10,16-18H,5,9,11-14H2,1H3/t16-,17-,18+/m0/s1. The molecule has 2 saturated heterocycles. The molecule has 2 aliphatic rings. The van der Waals surface area contributed by atoms with Gasteiger partial charge >= 0.3 is 0 Å². The van der Waals surface area contributed by atoms with Gasteiger partial charge in [-0.15, -0.1) is 0 Å². The summed E-state index contributed by atoms with van der Waals surface area (Å²) in [7, 11) is 2.16. The van der Waals surface area contributed by atoms with Gasteiger partial charge in [0.15, 0.2) is 0 Å². The van der Waals surface area contributed by atoms with E-state index in [1.54, 1.807) is 0 Å². The van der Waals surface area contributed by atoms with Crippen molar-refractivity contribution in [1.82, 2.24) is 19.9 Å². The summed E-state index contributed by atoms with van der Waals surface area (Å²) < 4.78 is 6.17. The average Bonchev–Trinajstić information content (AvgIpc) is 3.05. The number of fused-ring (bicyclic) bond motifs is 1. The molecule has 2 aliphatic heterocycles. The number of hydrogen-bond donors (Lipinski definition) is 0. The van der Waals surface area contributed by atoms with Crippen molar-refractivity contribution in [1.29, 1.82) is 0 Å². The van der Waals surface area contributed by atoms with Crippen molar-refractivity contribution in [3.05, 3.63) is 48.5 Å². The molecule has 6 nitrogen and oxygen atoms in total. The monoisotopic (exact) mass is 339 g/mol. The topological polar surface area (TPSA) is 54.4 Å². The molecule has 0 unspecified atom stereocenters. The predicted molar refractivity (Wildman–Crippen MR) is 96.2 cm³/mol. The molecule has 0 aromatic carbocycles. The first-order valence-corrected chi connectivity index (χ1v) is 9.00. The minimum absolute atomic E-state index is 0.276. The van der Waals surface area contributed by atoms with Crippen molar-refractivity contribution < 1.29 is 4.74 Å². The Hall–Kier alpha value is -2.05. The van der Waals surface area contributed by atoms with Crippen LogP contribution in [0.5, 0.6) is 0 Å². The van der Waals surface area contributed by atoms with E-state index in [4.69, 9.17) is 4.74 Å². The molecule has 4 rings (SSSR count). The molecule has 4 heterocycles. The molecule has 2 aromatic heterocycles. The second-order valence-electron chi connectivity index (χ2n) is 7.14. The van der Waals surface area contributed by atoms with E-state index >= 15 is 0 Å². The van der Waals surface area contributed by atoms with Crippen LogP contribution in [0, 0.1) is 11.8 Å². The number of likely N-dealkylation sites (N-methyl/N-ethyl adjacent to an activating group) is 1. The van der Waals surface area contributed by atoms with Gasteiger partial charge in [-0.3, -0.25) is 9.88 Å². The van der Waals surface area contributed by atoms with E-state index in [0.717, 1.165) is 45.2 Å². The molecule has 0 radical (unpaired) electrons. The quantitative estimate of drug-likeness (QED) is 0.829. The SMILES string of the molecule is CN(Cc1cccnc1)C[C@H]1OC[C@@H]2CCN(c3ncccn3)C[C@@H]21. The fraction of sp³-hybridized carbons (Fsp3) is 0.526. The Morgan fingerprint density at radius 2 is 2.12 bits per heavy atom. The van der Waals surface area contributed by atoms with Gasteiger partial charge in [-0.05, 0) is 37.1 Å². The van der Waals surface area contributed by atoms with Gasteiger partial charge in [0.1, 0.15) is 0 Å². The summed E-state index contributed by atoms with van der Waals surface area (Å²) in [6.45, 7) is 4.74. The summed E-state index contributed by atoms with van der Waals surface area (Å²) in [5.74, 6) is 2.06. The van der Waals surface area contributed by atoms with Crippen LogP contribution in [0.4, 0.5) is 5.95 Å². The normalized spacial score (nSPS) is 26.0. The highest BCUT2D eigenvalue weighted by atomic mass is 16.5. The maximum absolute atomic E-state index is 6.17. The van der Waals surface area contributed by atoms with Gasteiger partial charge in [0.2, 0.25) is 5.95 Å². The van der Waals surface area contributed by atoms with Crippen LogP contribution in [0.2, 0.25) is 0 Å². The lowest BCUT2D eigenvalue weighted by molar-refractivity contribution is 0.0611. The number of anilines is 1. The smallest absolute Gasteiger partial charge is 0.225 e. The number of piperidine rings is 1. The molecule has 0 saturated carbocycles. The van der Waals surface area contributed by atoms with Gasteiger partial charge in [-0.2, -0.15) is 0 Å². The van der Waals surface area contributed by atoms with Gasteiger partial charge in [0.25, 0.3) is 0 Å². The largest absolute Gasteiger partial charge is 0.376 e. The lowest BCUT2D eigenvalue weighted by Crippen LogP contribution is -2.45. The molecule has 0 amide bonds. The molecule has 25 heavy (non-hydrogen) atoms. The van der Waals surface area contributed by atoms with Crippen LogP contribution in [-0.2, 0) is 11.3 Å². The van der Waals surface area contributed by atoms with Crippen LogP contribution < -0.4 is 4.90 Å². The lowest BCUT2D eigenvalue weighted by atomic mass is 9.84. The van der Waals surface area contributed by atoms with Crippen LogP contribution in [0.25, 0.3) is 0 Å². The Kier molecular flexibility index (Phi) is 4.90. The highest BCUT2D eigenvalue weighted by Crippen LogP contribution is 2.35. The maximum atomic E-state index is 6.17. The third kappa shape index (κ3) is 3.80. The van der Waals surface area contributed by atoms with Gasteiger partial charge in [0.05, 0.1) is 12.7 Å². The second kappa shape index (κ2) is 7.45. The number of hydrogen-bond acceptors (Lipinski definition) is 6. The predicted octanol–water partition coefficient (Wildman–Crippen LogP) is 1.84. The molecule has 2 fully saturated rings. The van der Waals surface area contributed by atoms with Gasteiger partial charge in [-0.1, -0.05) is 6.07 Å². The number of aromatic nitrogens is 3. The molecule has 0 spiro atoms. The summed E-state index contributed by atoms with van der Waals surface area (Å²) in [6, 6.07) is 5.98. The highest BCUT2D eigenvalue weighted by Gasteiger charge is 2.41. The summed E-state index contributed by atoms with van der Waals surface area (Å²) in [5.41, 5.74) is 1.24. The zero-order valence-corrected chi connectivity index (χ0v) is 14.7. The molecule has 0 aliphatic carbocycles. The number of ether oxygens (including phenoxy) is 1. The van der Waals surface area contributed by atoms with E-state index < -0.39 is 0 Å². The van der Waals surface area contributed by atoms with Crippen LogP contribution in [0.15, 0.2) is 43.0 Å². The van der Waals surface area contributed by atoms with Crippen molar-refractivity contribution in [2.45, 2.75) is 19.1 Å². The van der Waals surface area contributed by atoms with Crippen LogP contribution >= 0.6 is 0 Å². The van der Waals surface area contributed by atoms with Crippen molar-refractivity contribution in [3.63, 3.8) is 0 Å². The van der Waals surface area contributed by atoms with Crippen molar-refractivity contribution in [2.75, 3.05) is 38.2 Å². The maximum Gasteiger partial charge on any atom is 0.225 e. The Bertz CT molecular complexity index is 668. The van der Waals surface area contributed by atoms with Crippen molar-refractivity contribution >= 4 is 5.95 Å². The van der Waals surface area contributed by atoms with Crippen LogP contribution in [0.1, 0.15) is 12.0 Å². The van der Waals surface area contributed by atoms with E-state index in [1.165, 1.54) is 5.56 Å². The number of rotatable bonds is 5. The first-order chi connectivity index (χ1) is 12.3. The third-order valence-corrected chi connectivity index (χ3v) is 5.31. The lowest BCUT2D eigenvalue weighted by Gasteiger charge is -2.36. The highest BCUT2D eigenvalue weighted by molar-refractivity contribution is 5.30. The van der Waals surface area contributed by atoms with Crippen LogP contribution in [0.3, 0.4) is 0 Å². The molecule has 3 atom stereocenters. The zero-order chi connectivity index (χ0) is 17.1. The fourth-order valence-electron chi connectivity index (χ4n) is 4.03.